The van der Waals surface area contributed by atoms with E-state index in [2.05, 4.69) is 22.0 Å². The summed E-state index contributed by atoms with van der Waals surface area (Å²) in [6.07, 6.45) is 4.36. The van der Waals surface area contributed by atoms with E-state index in [1.807, 2.05) is 0 Å². The van der Waals surface area contributed by atoms with Crippen LogP contribution in [0.4, 0.5) is 0 Å². The Kier molecular flexibility index (Phi) is 3.94. The van der Waals surface area contributed by atoms with Gasteiger partial charge in [-0.25, -0.2) is 0 Å². The Labute approximate surface area is 85.4 Å². The molecule has 0 radical (unpaired) electrons. The minimum absolute atomic E-state index is 0.937. The molecule has 0 aromatic rings. The lowest BCUT2D eigenvalue weighted by Crippen LogP contribution is -2.46. The zero-order valence-electron chi connectivity index (χ0n) is 8.30. The van der Waals surface area contributed by atoms with Gasteiger partial charge in [-0.1, -0.05) is 6.42 Å². The first-order valence-corrected chi connectivity index (χ1v) is 6.55. The van der Waals surface area contributed by atoms with Crippen molar-refractivity contribution in [2.45, 2.75) is 24.5 Å². The lowest BCUT2D eigenvalue weighted by Gasteiger charge is -2.32. The Balaban J connectivity index is 1.69. The summed E-state index contributed by atoms with van der Waals surface area (Å²) >= 11 is 2.19. The third kappa shape index (κ3) is 3.15. The smallest absolute Gasteiger partial charge is 0.0175 e. The van der Waals surface area contributed by atoms with Gasteiger partial charge in [-0.3, -0.25) is 4.90 Å². The van der Waals surface area contributed by atoms with E-state index in [0.29, 0.717) is 0 Å². The summed E-state index contributed by atoms with van der Waals surface area (Å²) in [7, 11) is 0. The Bertz CT molecular complexity index is 124. The Morgan fingerprint density at radius 3 is 2.77 bits per heavy atom. The zero-order chi connectivity index (χ0) is 8.93. The van der Waals surface area contributed by atoms with E-state index in [0.717, 1.165) is 5.25 Å². The molecule has 1 atom stereocenters. The molecule has 2 aliphatic rings. The van der Waals surface area contributed by atoms with Gasteiger partial charge in [0.1, 0.15) is 0 Å². The van der Waals surface area contributed by atoms with E-state index < -0.39 is 0 Å². The molecule has 2 aliphatic heterocycles. The van der Waals surface area contributed by atoms with E-state index in [1.165, 1.54) is 57.7 Å². The van der Waals surface area contributed by atoms with Crippen LogP contribution in [0.15, 0.2) is 0 Å². The normalized spacial score (nSPS) is 31.8. The van der Waals surface area contributed by atoms with Gasteiger partial charge in [0.15, 0.2) is 0 Å². The molecule has 2 saturated heterocycles. The largest absolute Gasteiger partial charge is 0.314 e. The number of nitrogens with one attached hydrogen (secondary N) is 1. The molecule has 0 bridgehead atoms. The van der Waals surface area contributed by atoms with E-state index in [4.69, 9.17) is 0 Å². The van der Waals surface area contributed by atoms with Gasteiger partial charge in [0.05, 0.1) is 0 Å². The number of hydrogen-bond acceptors (Lipinski definition) is 3. The molecule has 76 valence electrons. The predicted molar refractivity (Wildman–Crippen MR) is 59.4 cm³/mol. The molecule has 0 aliphatic carbocycles. The van der Waals surface area contributed by atoms with E-state index in [-0.39, 0.29) is 0 Å². The Hall–Kier alpha value is 0.270. The van der Waals surface area contributed by atoms with Crippen molar-refractivity contribution < 1.29 is 0 Å². The fourth-order valence-electron chi connectivity index (χ4n) is 2.13. The summed E-state index contributed by atoms with van der Waals surface area (Å²) in [6.45, 7) is 6.25. The van der Waals surface area contributed by atoms with Crippen LogP contribution in [0.3, 0.4) is 0 Å². The van der Waals surface area contributed by atoms with Crippen LogP contribution in [0.25, 0.3) is 0 Å². The topological polar surface area (TPSA) is 15.3 Å². The molecule has 1 N–H and O–H groups in total. The number of thioether (sulfide) groups is 1. The van der Waals surface area contributed by atoms with Crippen molar-refractivity contribution in [3.05, 3.63) is 0 Å². The summed E-state index contributed by atoms with van der Waals surface area (Å²) in [5.41, 5.74) is 0. The second-order valence-corrected chi connectivity index (χ2v) is 5.45. The van der Waals surface area contributed by atoms with Crippen LogP contribution < -0.4 is 5.32 Å². The maximum Gasteiger partial charge on any atom is 0.0175 e. The molecule has 0 aromatic carbocycles. The maximum absolute atomic E-state index is 3.40. The molecule has 0 amide bonds. The molecule has 0 spiro atoms. The van der Waals surface area contributed by atoms with Gasteiger partial charge in [-0.15, -0.1) is 0 Å². The van der Waals surface area contributed by atoms with Crippen LogP contribution in [0.5, 0.6) is 0 Å². The molecule has 1 unspecified atom stereocenters. The number of piperazine rings is 1. The van der Waals surface area contributed by atoms with Gasteiger partial charge in [0.25, 0.3) is 0 Å². The summed E-state index contributed by atoms with van der Waals surface area (Å²) in [5, 5.41) is 4.34. The van der Waals surface area contributed by atoms with Crippen LogP contribution in [-0.4, -0.2) is 48.6 Å². The fourth-order valence-corrected chi connectivity index (χ4v) is 3.49. The van der Waals surface area contributed by atoms with Gasteiger partial charge in [0.2, 0.25) is 0 Å². The summed E-state index contributed by atoms with van der Waals surface area (Å²) in [4.78, 5) is 2.62. The fraction of sp³-hybridized carbons (Fsp3) is 1.00. The van der Waals surface area contributed by atoms with Crippen molar-refractivity contribution in [1.29, 1.82) is 0 Å². The summed E-state index contributed by atoms with van der Waals surface area (Å²) in [5.74, 6) is 1.40. The van der Waals surface area contributed by atoms with Crippen molar-refractivity contribution in [2.75, 3.05) is 38.5 Å². The van der Waals surface area contributed by atoms with Crippen molar-refractivity contribution in [2.24, 2.45) is 0 Å². The van der Waals surface area contributed by atoms with E-state index >= 15 is 0 Å². The molecule has 13 heavy (non-hydrogen) atoms. The van der Waals surface area contributed by atoms with Crippen molar-refractivity contribution in [3.8, 4) is 0 Å². The number of hydrogen-bond donors (Lipinski definition) is 1. The molecular formula is C10H20N2S. The molecule has 2 nitrogen and oxygen atoms in total. The first-order chi connectivity index (χ1) is 6.45. The molecular weight excluding hydrogens is 180 g/mol. The molecule has 3 heteroatoms. The molecule has 2 heterocycles. The van der Waals surface area contributed by atoms with E-state index in [1.54, 1.807) is 0 Å². The summed E-state index contributed by atoms with van der Waals surface area (Å²) in [6, 6.07) is 0. The third-order valence-corrected chi connectivity index (χ3v) is 4.33. The lowest BCUT2D eigenvalue weighted by atomic mass is 10.2. The second-order valence-electron chi connectivity index (χ2n) is 4.04. The zero-order valence-corrected chi connectivity index (χ0v) is 9.11. The Morgan fingerprint density at radius 1 is 1.23 bits per heavy atom. The van der Waals surface area contributed by atoms with Gasteiger partial charge in [0, 0.05) is 38.0 Å². The van der Waals surface area contributed by atoms with Gasteiger partial charge in [-0.05, 0) is 18.6 Å². The van der Waals surface area contributed by atoms with E-state index in [9.17, 15) is 0 Å². The average Bonchev–Trinajstić information content (AvgIpc) is 2.21. The lowest BCUT2D eigenvalue weighted by molar-refractivity contribution is 0.238. The monoisotopic (exact) mass is 200 g/mol. The van der Waals surface area contributed by atoms with Crippen molar-refractivity contribution in [3.63, 3.8) is 0 Å². The average molecular weight is 200 g/mol. The van der Waals surface area contributed by atoms with Crippen LogP contribution in [0, 0.1) is 0 Å². The van der Waals surface area contributed by atoms with Gasteiger partial charge < -0.3 is 5.32 Å². The van der Waals surface area contributed by atoms with Crippen LogP contribution >= 0.6 is 11.8 Å². The second kappa shape index (κ2) is 5.23. The maximum atomic E-state index is 3.40. The molecule has 2 fully saturated rings. The standard InChI is InChI=1S/C10H20N2S/c1-2-8-13-10(3-1)9-12-6-4-11-5-7-12/h10-11H,1-9H2. The number of nitrogens with zero attached hydrogens (tertiary/aromatic N) is 1. The van der Waals surface area contributed by atoms with Crippen LogP contribution in [-0.2, 0) is 0 Å². The quantitative estimate of drug-likeness (QED) is 0.720. The third-order valence-electron chi connectivity index (χ3n) is 2.95. The summed E-state index contributed by atoms with van der Waals surface area (Å²) < 4.78 is 0. The SMILES string of the molecule is C1CCC(CN2CCNCC2)SC1. The highest BCUT2D eigenvalue weighted by atomic mass is 32.2. The Morgan fingerprint density at radius 2 is 2.08 bits per heavy atom. The minimum atomic E-state index is 0.937. The molecule has 0 saturated carbocycles. The highest BCUT2D eigenvalue weighted by molar-refractivity contribution is 7.99. The first kappa shape index (κ1) is 9.81. The minimum Gasteiger partial charge on any atom is -0.314 e. The molecule has 2 rings (SSSR count). The van der Waals surface area contributed by atoms with Crippen LogP contribution in [0.1, 0.15) is 19.3 Å². The van der Waals surface area contributed by atoms with Crippen LogP contribution in [0.2, 0.25) is 0 Å². The first-order valence-electron chi connectivity index (χ1n) is 5.50. The highest BCUT2D eigenvalue weighted by Crippen LogP contribution is 2.25. The van der Waals surface area contributed by atoms with Crippen molar-refractivity contribution >= 4 is 11.8 Å². The van der Waals surface area contributed by atoms with Crippen molar-refractivity contribution in [1.82, 2.24) is 10.2 Å². The predicted octanol–water partition coefficient (Wildman–Crippen LogP) is 1.18. The number of rotatable bonds is 2. The van der Waals surface area contributed by atoms with Gasteiger partial charge >= 0.3 is 0 Å². The highest BCUT2D eigenvalue weighted by Gasteiger charge is 2.18. The molecule has 0 aromatic heterocycles. The van der Waals surface area contributed by atoms with Gasteiger partial charge in [-0.2, -0.15) is 11.8 Å².